The third kappa shape index (κ3) is 3.59. The molecular formula is C16H22N2O2. The molecule has 0 spiro atoms. The molecule has 0 atom stereocenters. The molecule has 2 rings (SSSR count). The number of anilines is 1. The lowest BCUT2D eigenvalue weighted by atomic mass is 10.1. The first-order valence-corrected chi connectivity index (χ1v) is 7.35. The number of hydrogen-bond donors (Lipinski definition) is 0. The highest BCUT2D eigenvalue weighted by atomic mass is 16.2. The highest BCUT2D eigenvalue weighted by molar-refractivity contribution is 6.04. The fourth-order valence-electron chi connectivity index (χ4n) is 2.59. The zero-order valence-corrected chi connectivity index (χ0v) is 12.0. The van der Waals surface area contributed by atoms with Crippen molar-refractivity contribution in [1.82, 2.24) is 4.90 Å². The third-order valence-corrected chi connectivity index (χ3v) is 3.70. The molecule has 4 nitrogen and oxygen atoms in total. The summed E-state index contributed by atoms with van der Waals surface area (Å²) in [5, 5.41) is 0. The van der Waals surface area contributed by atoms with Crippen molar-refractivity contribution in [2.45, 2.75) is 32.6 Å². The lowest BCUT2D eigenvalue weighted by Gasteiger charge is -2.28. The minimum Gasteiger partial charge on any atom is -0.342 e. The average Bonchev–Trinajstić information content (AvgIpc) is 2.50. The first-order valence-electron chi connectivity index (χ1n) is 7.35. The zero-order valence-electron chi connectivity index (χ0n) is 12.0. The Morgan fingerprint density at radius 1 is 1.10 bits per heavy atom. The second kappa shape index (κ2) is 7.08. The number of rotatable bonds is 4. The molecule has 0 aromatic heterocycles. The van der Waals surface area contributed by atoms with Gasteiger partial charge in [0.25, 0.3) is 0 Å². The Morgan fingerprint density at radius 2 is 1.75 bits per heavy atom. The van der Waals surface area contributed by atoms with E-state index in [1.807, 2.05) is 42.2 Å². The van der Waals surface area contributed by atoms with E-state index < -0.39 is 0 Å². The molecule has 0 aliphatic carbocycles. The van der Waals surface area contributed by atoms with Crippen LogP contribution in [0.2, 0.25) is 0 Å². The van der Waals surface area contributed by atoms with Crippen molar-refractivity contribution in [1.29, 1.82) is 0 Å². The monoisotopic (exact) mass is 274 g/mol. The minimum absolute atomic E-state index is 0.0251. The van der Waals surface area contributed by atoms with Crippen LogP contribution in [0.15, 0.2) is 30.3 Å². The molecule has 1 aromatic rings. The molecular weight excluding hydrogens is 252 g/mol. The van der Waals surface area contributed by atoms with Gasteiger partial charge in [-0.3, -0.25) is 9.59 Å². The van der Waals surface area contributed by atoms with Crippen LogP contribution in [0.1, 0.15) is 32.6 Å². The first-order chi connectivity index (χ1) is 9.72. The van der Waals surface area contributed by atoms with Crippen LogP contribution in [-0.2, 0) is 9.59 Å². The summed E-state index contributed by atoms with van der Waals surface area (Å²) in [6.45, 7) is 4.10. The molecule has 108 valence electrons. The molecule has 0 N–H and O–H groups in total. The number of carbonyl (C=O) groups excluding carboxylic acids is 2. The Morgan fingerprint density at radius 3 is 2.35 bits per heavy atom. The van der Waals surface area contributed by atoms with Gasteiger partial charge in [-0.25, -0.2) is 0 Å². The van der Waals surface area contributed by atoms with E-state index in [9.17, 15) is 9.59 Å². The van der Waals surface area contributed by atoms with Crippen molar-refractivity contribution in [2.24, 2.45) is 0 Å². The molecule has 0 bridgehead atoms. The average molecular weight is 274 g/mol. The maximum Gasteiger partial charge on any atom is 0.236 e. The summed E-state index contributed by atoms with van der Waals surface area (Å²) in [4.78, 5) is 27.9. The van der Waals surface area contributed by atoms with Crippen molar-refractivity contribution >= 4 is 17.5 Å². The van der Waals surface area contributed by atoms with Crippen molar-refractivity contribution in [3.05, 3.63) is 30.3 Å². The van der Waals surface area contributed by atoms with Gasteiger partial charge in [-0.1, -0.05) is 18.2 Å². The minimum atomic E-state index is -0.116. The largest absolute Gasteiger partial charge is 0.342 e. The van der Waals surface area contributed by atoms with Gasteiger partial charge < -0.3 is 9.80 Å². The van der Waals surface area contributed by atoms with Gasteiger partial charge in [0.2, 0.25) is 11.8 Å². The van der Waals surface area contributed by atoms with Crippen molar-refractivity contribution in [3.8, 4) is 0 Å². The Labute approximate surface area is 120 Å². The summed E-state index contributed by atoms with van der Waals surface area (Å²) in [5.74, 6) is -0.154. The molecule has 0 radical (unpaired) electrons. The van der Waals surface area contributed by atoms with Gasteiger partial charge in [0.05, 0.1) is 0 Å². The fourth-order valence-corrected chi connectivity index (χ4v) is 2.59. The van der Waals surface area contributed by atoms with Gasteiger partial charge in [-0.2, -0.15) is 0 Å². The van der Waals surface area contributed by atoms with E-state index >= 15 is 0 Å². The van der Waals surface area contributed by atoms with Crippen LogP contribution >= 0.6 is 0 Å². The second-order valence-electron chi connectivity index (χ2n) is 5.09. The van der Waals surface area contributed by atoms with Crippen molar-refractivity contribution < 1.29 is 9.59 Å². The van der Waals surface area contributed by atoms with E-state index in [1.54, 1.807) is 4.90 Å². The van der Waals surface area contributed by atoms with E-state index in [0.717, 1.165) is 31.6 Å². The van der Waals surface area contributed by atoms with Gasteiger partial charge in [0, 0.05) is 25.3 Å². The molecule has 1 heterocycles. The second-order valence-corrected chi connectivity index (χ2v) is 5.09. The van der Waals surface area contributed by atoms with E-state index in [4.69, 9.17) is 0 Å². The van der Waals surface area contributed by atoms with Crippen LogP contribution in [0.25, 0.3) is 0 Å². The number of para-hydroxylation sites is 1. The Kier molecular flexibility index (Phi) is 5.16. The molecule has 1 saturated heterocycles. The molecule has 1 aliphatic heterocycles. The third-order valence-electron chi connectivity index (χ3n) is 3.70. The Hall–Kier alpha value is -1.84. The predicted molar refractivity (Wildman–Crippen MR) is 79.5 cm³/mol. The standard InChI is InChI=1S/C16H22N2O2/c1-2-18(14-9-5-3-6-10-14)16(20)13-15(19)17-11-7-4-8-12-17/h3,5-6,9-10H,2,4,7-8,11-13H2,1H3. The Bertz CT molecular complexity index is 453. The van der Waals surface area contributed by atoms with E-state index in [0.29, 0.717) is 6.54 Å². The molecule has 1 aliphatic rings. The normalized spacial score (nSPS) is 14.9. The summed E-state index contributed by atoms with van der Waals surface area (Å²) >= 11 is 0. The van der Waals surface area contributed by atoms with Crippen LogP contribution in [0, 0.1) is 0 Å². The predicted octanol–water partition coefficient (Wildman–Crippen LogP) is 2.44. The molecule has 1 aromatic carbocycles. The molecule has 2 amide bonds. The Balaban J connectivity index is 1.97. The number of likely N-dealkylation sites (tertiary alicyclic amines) is 1. The van der Waals surface area contributed by atoms with Crippen molar-refractivity contribution in [3.63, 3.8) is 0 Å². The van der Waals surface area contributed by atoms with E-state index in [2.05, 4.69) is 0 Å². The number of piperidine rings is 1. The summed E-state index contributed by atoms with van der Waals surface area (Å²) in [6.07, 6.45) is 3.26. The van der Waals surface area contributed by atoms with Gasteiger partial charge in [-0.15, -0.1) is 0 Å². The number of carbonyl (C=O) groups is 2. The smallest absolute Gasteiger partial charge is 0.236 e. The van der Waals surface area contributed by atoms with Gasteiger partial charge in [0.15, 0.2) is 0 Å². The fraction of sp³-hybridized carbons (Fsp3) is 0.500. The van der Waals surface area contributed by atoms with E-state index in [1.165, 1.54) is 6.42 Å². The van der Waals surface area contributed by atoms with Crippen LogP contribution < -0.4 is 4.90 Å². The summed E-state index contributed by atoms with van der Waals surface area (Å²) < 4.78 is 0. The lowest BCUT2D eigenvalue weighted by molar-refractivity contribution is -0.135. The quantitative estimate of drug-likeness (QED) is 0.791. The van der Waals surface area contributed by atoms with E-state index in [-0.39, 0.29) is 18.2 Å². The number of hydrogen-bond acceptors (Lipinski definition) is 2. The van der Waals surface area contributed by atoms with Crippen LogP contribution in [0.4, 0.5) is 5.69 Å². The van der Waals surface area contributed by atoms with Gasteiger partial charge in [-0.05, 0) is 38.3 Å². The van der Waals surface area contributed by atoms with Crippen molar-refractivity contribution in [2.75, 3.05) is 24.5 Å². The lowest BCUT2D eigenvalue weighted by Crippen LogP contribution is -2.40. The molecule has 20 heavy (non-hydrogen) atoms. The maximum atomic E-state index is 12.3. The number of amides is 2. The van der Waals surface area contributed by atoms with Gasteiger partial charge in [0.1, 0.15) is 6.42 Å². The maximum absolute atomic E-state index is 12.3. The van der Waals surface area contributed by atoms with Crippen LogP contribution in [0.5, 0.6) is 0 Å². The molecule has 0 unspecified atom stereocenters. The summed E-state index contributed by atoms with van der Waals surface area (Å²) in [5.41, 5.74) is 0.853. The highest BCUT2D eigenvalue weighted by Crippen LogP contribution is 2.15. The topological polar surface area (TPSA) is 40.6 Å². The van der Waals surface area contributed by atoms with Crippen LogP contribution in [0.3, 0.4) is 0 Å². The zero-order chi connectivity index (χ0) is 14.4. The van der Waals surface area contributed by atoms with Crippen LogP contribution in [-0.4, -0.2) is 36.3 Å². The molecule has 1 fully saturated rings. The molecule has 0 saturated carbocycles. The van der Waals surface area contributed by atoms with Gasteiger partial charge >= 0.3 is 0 Å². The summed E-state index contributed by atoms with van der Waals surface area (Å²) in [7, 11) is 0. The SMILES string of the molecule is CCN(C(=O)CC(=O)N1CCCCC1)c1ccccc1. The highest BCUT2D eigenvalue weighted by Gasteiger charge is 2.22. The first kappa shape index (κ1) is 14.6. The summed E-state index contributed by atoms with van der Waals surface area (Å²) in [6, 6.07) is 9.51. The molecule has 4 heteroatoms. The number of benzene rings is 1. The number of nitrogens with zero attached hydrogens (tertiary/aromatic N) is 2.